The first-order chi connectivity index (χ1) is 21.9. The molecule has 1 atom stereocenters. The summed E-state index contributed by atoms with van der Waals surface area (Å²) in [5, 5.41) is 1.07. The fraction of sp³-hybridized carbons (Fsp3) is 0.706. The number of methoxy groups -OCH3 is 1. The molecule has 0 bridgehead atoms. The highest BCUT2D eigenvalue weighted by Crippen LogP contribution is 2.48. The van der Waals surface area contributed by atoms with Gasteiger partial charge in [-0.15, -0.1) is 0 Å². The van der Waals surface area contributed by atoms with Crippen LogP contribution >= 0.6 is 0 Å². The zero-order valence-corrected chi connectivity index (χ0v) is 32.3. The number of pyridine rings is 1. The summed E-state index contributed by atoms with van der Waals surface area (Å²) in [6.45, 7) is 22.7. The van der Waals surface area contributed by atoms with E-state index in [2.05, 4.69) is 91.7 Å². The van der Waals surface area contributed by atoms with E-state index in [0.717, 1.165) is 53.6 Å². The number of amides is 1. The number of rotatable bonds is 11. The third-order valence-electron chi connectivity index (χ3n) is 11.2. The lowest BCUT2D eigenvalue weighted by atomic mass is 9.72. The molecule has 47 heavy (non-hydrogen) atoms. The fourth-order valence-corrected chi connectivity index (χ4v) is 14.9. The topological polar surface area (TPSA) is 112 Å². The van der Waals surface area contributed by atoms with Gasteiger partial charge in [0.2, 0.25) is 0 Å². The normalized spacial score (nSPS) is 22.4. The minimum Gasteiger partial charge on any atom is -0.494 e. The van der Waals surface area contributed by atoms with Crippen LogP contribution in [0.2, 0.25) is 16.6 Å². The Hall–Kier alpha value is -2.19. The van der Waals surface area contributed by atoms with Crippen LogP contribution in [0.1, 0.15) is 100 Å². The van der Waals surface area contributed by atoms with Gasteiger partial charge in [-0.2, -0.15) is 0 Å². The minimum absolute atomic E-state index is 0.156. The van der Waals surface area contributed by atoms with Crippen molar-refractivity contribution in [3.63, 3.8) is 0 Å². The second-order valence-corrected chi connectivity index (χ2v) is 22.0. The van der Waals surface area contributed by atoms with E-state index in [9.17, 15) is 13.6 Å². The molecular formula is C34H56BN3O7SSi. The molecule has 1 aliphatic carbocycles. The molecule has 4 rings (SSSR count). The maximum absolute atomic E-state index is 12.2. The molecule has 262 valence electrons. The number of allylic oxidation sites excluding steroid dienone is 1. The first-order valence-corrected chi connectivity index (χ1v) is 20.3. The molecule has 0 aromatic carbocycles. The van der Waals surface area contributed by atoms with Gasteiger partial charge < -0.3 is 23.0 Å². The third-order valence-corrected chi connectivity index (χ3v) is 18.5. The lowest BCUT2D eigenvalue weighted by Crippen LogP contribution is -2.51. The van der Waals surface area contributed by atoms with Crippen LogP contribution in [0.5, 0.6) is 5.75 Å². The summed E-state index contributed by atoms with van der Waals surface area (Å²) in [6, 6.07) is 2.22. The Morgan fingerprint density at radius 3 is 2.15 bits per heavy atom. The number of fused-ring (bicyclic) bond motifs is 1. The average Bonchev–Trinajstić information content (AvgIpc) is 3.50. The largest absolute Gasteiger partial charge is 0.494 e. The van der Waals surface area contributed by atoms with Crippen LogP contribution in [0.25, 0.3) is 16.6 Å². The summed E-state index contributed by atoms with van der Waals surface area (Å²) in [7, 11) is 0.320. The molecule has 2 aromatic rings. The summed E-state index contributed by atoms with van der Waals surface area (Å²) in [6.07, 6.45) is 6.75. The standard InChI is InChI=1S/C34H56BN3O7SSi/c1-22(2)47(23(3)4,24(5)6)38-18-17-27-30(29(42-12)20-36-31(27)38)28(19-35-44-33(7,8)34(9,10)45-35)26-15-13-25(14-16-26)21-43-32(39)37(11)46(40)41/h17-20,22-26H,13-16,21H2,1-12H3,(H,40,41). The quantitative estimate of drug-likeness (QED) is 0.186. The van der Waals surface area contributed by atoms with Crippen LogP contribution in [0, 0.1) is 11.8 Å². The summed E-state index contributed by atoms with van der Waals surface area (Å²) in [5.41, 5.74) is 3.71. The molecule has 2 aromatic heterocycles. The van der Waals surface area contributed by atoms with Crippen LogP contribution < -0.4 is 4.74 Å². The molecule has 1 amide bonds. The SMILES string of the molecule is COc1cnc2c(ccn2[Si](C(C)C)(C(C)C)C(C)C)c1C(=CB1OC(C)(C)C(C)(C)O1)C1CCC(COC(=O)N(C)S(=O)O)CC1. The van der Waals surface area contributed by atoms with E-state index in [0.29, 0.717) is 20.9 Å². The van der Waals surface area contributed by atoms with Crippen LogP contribution in [0.4, 0.5) is 4.79 Å². The smallest absolute Gasteiger partial charge is 0.487 e. The number of nitrogens with zero attached hydrogens (tertiary/aromatic N) is 3. The van der Waals surface area contributed by atoms with Crippen LogP contribution in [-0.2, 0) is 25.3 Å². The van der Waals surface area contributed by atoms with Gasteiger partial charge in [0.15, 0.2) is 8.24 Å². The van der Waals surface area contributed by atoms with Crippen LogP contribution in [0.15, 0.2) is 24.4 Å². The lowest BCUT2D eigenvalue weighted by molar-refractivity contribution is 0.00578. The average molecular weight is 690 g/mol. The highest BCUT2D eigenvalue weighted by atomic mass is 32.2. The number of hydrogen-bond acceptors (Lipinski definition) is 7. The molecule has 1 saturated heterocycles. The molecule has 1 aliphatic heterocycles. The van der Waals surface area contributed by atoms with E-state index in [1.165, 1.54) is 7.05 Å². The Kier molecular flexibility index (Phi) is 11.5. The van der Waals surface area contributed by atoms with E-state index in [-0.39, 0.29) is 18.4 Å². The van der Waals surface area contributed by atoms with Gasteiger partial charge in [-0.05, 0) is 99.7 Å². The zero-order chi connectivity index (χ0) is 35.1. The Labute approximate surface area is 285 Å². The van der Waals surface area contributed by atoms with Gasteiger partial charge in [0, 0.05) is 18.0 Å². The number of carbonyl (C=O) groups is 1. The lowest BCUT2D eigenvalue weighted by Gasteiger charge is -2.44. The van der Waals surface area contributed by atoms with Crippen molar-refractivity contribution >= 4 is 49.3 Å². The van der Waals surface area contributed by atoms with Crippen LogP contribution in [-0.4, -0.2) is 75.7 Å². The monoisotopic (exact) mass is 689 g/mol. The highest BCUT2D eigenvalue weighted by molar-refractivity contribution is 7.77. The Balaban J connectivity index is 1.79. The zero-order valence-electron chi connectivity index (χ0n) is 30.5. The Bertz CT molecular complexity index is 1450. The molecule has 0 radical (unpaired) electrons. The van der Waals surface area contributed by atoms with Gasteiger partial charge in [0.1, 0.15) is 11.4 Å². The van der Waals surface area contributed by atoms with Crippen molar-refractivity contribution in [2.75, 3.05) is 20.8 Å². The second kappa shape index (κ2) is 14.3. The predicted octanol–water partition coefficient (Wildman–Crippen LogP) is 8.09. The summed E-state index contributed by atoms with van der Waals surface area (Å²) in [4.78, 5) is 17.2. The molecule has 2 aliphatic rings. The predicted molar refractivity (Wildman–Crippen MR) is 192 cm³/mol. The van der Waals surface area contributed by atoms with Crippen LogP contribution in [0.3, 0.4) is 0 Å². The molecule has 1 unspecified atom stereocenters. The van der Waals surface area contributed by atoms with E-state index in [1.54, 1.807) is 7.11 Å². The van der Waals surface area contributed by atoms with Crippen molar-refractivity contribution in [3.8, 4) is 5.75 Å². The van der Waals surface area contributed by atoms with Gasteiger partial charge >= 0.3 is 13.2 Å². The summed E-state index contributed by atoms with van der Waals surface area (Å²) >= 11 is -2.41. The van der Waals surface area contributed by atoms with Crippen molar-refractivity contribution in [2.24, 2.45) is 11.8 Å². The number of ether oxygens (including phenoxy) is 2. The third kappa shape index (κ3) is 7.11. The van der Waals surface area contributed by atoms with Crippen molar-refractivity contribution < 1.29 is 32.3 Å². The first kappa shape index (κ1) is 37.6. The van der Waals surface area contributed by atoms with Gasteiger partial charge in [0.25, 0.3) is 11.3 Å². The maximum Gasteiger partial charge on any atom is 0.487 e. The first-order valence-electron chi connectivity index (χ1n) is 17.0. The van der Waals surface area contributed by atoms with E-state index < -0.39 is 43.9 Å². The number of hydrogen-bond donors (Lipinski definition) is 1. The van der Waals surface area contributed by atoms with Gasteiger partial charge in [0.05, 0.1) is 31.1 Å². The minimum atomic E-state index is -2.41. The van der Waals surface area contributed by atoms with Gasteiger partial charge in [-0.1, -0.05) is 47.5 Å². The van der Waals surface area contributed by atoms with E-state index >= 15 is 0 Å². The van der Waals surface area contributed by atoms with Gasteiger partial charge in [-0.25, -0.2) is 18.3 Å². The maximum atomic E-state index is 12.2. The fourth-order valence-electron chi connectivity index (χ4n) is 8.18. The molecule has 0 spiro atoms. The molecule has 1 N–H and O–H groups in total. The van der Waals surface area contributed by atoms with E-state index in [1.807, 2.05) is 6.20 Å². The highest BCUT2D eigenvalue weighted by Gasteiger charge is 2.51. The van der Waals surface area contributed by atoms with Gasteiger partial charge in [-0.3, -0.25) is 4.55 Å². The molecule has 3 heterocycles. The molecule has 13 heteroatoms. The second-order valence-electron chi connectivity index (χ2n) is 15.2. The van der Waals surface area contributed by atoms with Crippen molar-refractivity contribution in [1.82, 2.24) is 13.5 Å². The molecular weight excluding hydrogens is 633 g/mol. The van der Waals surface area contributed by atoms with Crippen molar-refractivity contribution in [1.29, 1.82) is 0 Å². The molecule has 10 nitrogen and oxygen atoms in total. The number of carbonyl (C=O) groups excluding carboxylic acids is 1. The molecule has 1 saturated carbocycles. The summed E-state index contributed by atoms with van der Waals surface area (Å²) < 4.78 is 48.2. The van der Waals surface area contributed by atoms with Crippen molar-refractivity contribution in [2.45, 2.75) is 123 Å². The van der Waals surface area contributed by atoms with E-state index in [4.69, 9.17) is 23.8 Å². The Morgan fingerprint density at radius 1 is 1.11 bits per heavy atom. The van der Waals surface area contributed by atoms with Crippen molar-refractivity contribution in [3.05, 3.63) is 30.0 Å². The number of aromatic nitrogens is 2. The Morgan fingerprint density at radius 2 is 1.66 bits per heavy atom. The summed E-state index contributed by atoms with van der Waals surface area (Å²) in [5.74, 6) is 3.21. The molecule has 2 fully saturated rings.